The average molecular weight is 360 g/mol. The molecule has 0 radical (unpaired) electrons. The topological polar surface area (TPSA) is 32.3 Å². The zero-order chi connectivity index (χ0) is 14.9. The number of benzene rings is 1. The van der Waals surface area contributed by atoms with E-state index in [1.807, 2.05) is 0 Å². The molecule has 1 unspecified atom stereocenters. The number of rotatable bonds is 3. The number of halogens is 5. The van der Waals surface area contributed by atoms with Gasteiger partial charge >= 0.3 is 0 Å². The van der Waals surface area contributed by atoms with Gasteiger partial charge in [-0.15, -0.1) is 12.4 Å². The van der Waals surface area contributed by atoms with Crippen LogP contribution in [-0.2, 0) is 11.3 Å². The number of nitrogens with one attached hydrogen (secondary N) is 1. The van der Waals surface area contributed by atoms with Gasteiger partial charge in [-0.3, -0.25) is 10.1 Å². The van der Waals surface area contributed by atoms with Gasteiger partial charge in [0.2, 0.25) is 5.91 Å². The predicted octanol–water partition coefficient (Wildman–Crippen LogP) is 3.37. The molecule has 1 saturated heterocycles. The SMILES string of the molecule is CN(Cc1cccc(Cl)c1Cl)C(=O)C1CC(F)(F)CN1.Cl. The quantitative estimate of drug-likeness (QED) is 0.897. The summed E-state index contributed by atoms with van der Waals surface area (Å²) in [7, 11) is 1.55. The van der Waals surface area contributed by atoms with E-state index in [9.17, 15) is 13.6 Å². The third kappa shape index (κ3) is 4.42. The molecule has 118 valence electrons. The lowest BCUT2D eigenvalue weighted by molar-refractivity contribution is -0.132. The van der Waals surface area contributed by atoms with Gasteiger partial charge in [-0.25, -0.2) is 8.78 Å². The third-order valence-electron chi connectivity index (χ3n) is 3.22. The highest BCUT2D eigenvalue weighted by atomic mass is 35.5. The summed E-state index contributed by atoms with van der Waals surface area (Å²) < 4.78 is 26.2. The van der Waals surface area contributed by atoms with Crippen molar-refractivity contribution in [3.63, 3.8) is 0 Å². The molecule has 1 heterocycles. The monoisotopic (exact) mass is 358 g/mol. The minimum absolute atomic E-state index is 0. The Morgan fingerprint density at radius 1 is 1.48 bits per heavy atom. The van der Waals surface area contributed by atoms with Gasteiger partial charge in [-0.05, 0) is 11.6 Å². The number of nitrogens with zero attached hydrogens (tertiary/aromatic N) is 1. The number of carbonyl (C=O) groups excluding carboxylic acids is 1. The van der Waals surface area contributed by atoms with E-state index in [2.05, 4.69) is 5.32 Å². The number of hydrogen-bond acceptors (Lipinski definition) is 2. The normalized spacial score (nSPS) is 20.0. The van der Waals surface area contributed by atoms with E-state index in [1.54, 1.807) is 25.2 Å². The molecule has 0 aliphatic carbocycles. The van der Waals surface area contributed by atoms with Crippen LogP contribution in [0.25, 0.3) is 0 Å². The van der Waals surface area contributed by atoms with Gasteiger partial charge in [0.1, 0.15) is 0 Å². The fourth-order valence-corrected chi connectivity index (χ4v) is 2.54. The fourth-order valence-electron chi connectivity index (χ4n) is 2.16. The van der Waals surface area contributed by atoms with Crippen molar-refractivity contribution in [2.24, 2.45) is 0 Å². The van der Waals surface area contributed by atoms with Crippen LogP contribution in [0.4, 0.5) is 8.78 Å². The van der Waals surface area contributed by atoms with E-state index in [0.29, 0.717) is 15.6 Å². The first kappa shape index (κ1) is 18.4. The van der Waals surface area contributed by atoms with Crippen molar-refractivity contribution in [1.82, 2.24) is 10.2 Å². The Hall–Kier alpha value is -0.620. The molecule has 21 heavy (non-hydrogen) atoms. The van der Waals surface area contributed by atoms with Gasteiger partial charge < -0.3 is 4.90 Å². The molecule has 1 atom stereocenters. The van der Waals surface area contributed by atoms with Crippen molar-refractivity contribution in [1.29, 1.82) is 0 Å². The van der Waals surface area contributed by atoms with Crippen LogP contribution in [0.5, 0.6) is 0 Å². The Bertz CT molecular complexity index is 528. The molecule has 1 N–H and O–H groups in total. The number of carbonyl (C=O) groups is 1. The first-order valence-corrected chi connectivity index (χ1v) is 6.85. The van der Waals surface area contributed by atoms with Crippen LogP contribution in [0.2, 0.25) is 10.0 Å². The second-order valence-electron chi connectivity index (χ2n) is 4.90. The predicted molar refractivity (Wildman–Crippen MR) is 81.5 cm³/mol. The van der Waals surface area contributed by atoms with Crippen molar-refractivity contribution >= 4 is 41.5 Å². The molecule has 1 aromatic rings. The van der Waals surface area contributed by atoms with Crippen LogP contribution in [-0.4, -0.2) is 36.4 Å². The van der Waals surface area contributed by atoms with Crippen molar-refractivity contribution in [2.45, 2.75) is 24.9 Å². The summed E-state index contributed by atoms with van der Waals surface area (Å²) in [6.45, 7) is -0.239. The second kappa shape index (κ2) is 7.09. The van der Waals surface area contributed by atoms with Gasteiger partial charge in [0, 0.05) is 20.0 Å². The largest absolute Gasteiger partial charge is 0.340 e. The highest BCUT2D eigenvalue weighted by molar-refractivity contribution is 6.42. The standard InChI is InChI=1S/C13H14Cl2F2N2O.ClH/c1-19(6-8-3-2-4-9(14)11(8)15)12(20)10-5-13(16,17)7-18-10;/h2-4,10,18H,5-7H2,1H3;1H. The first-order valence-electron chi connectivity index (χ1n) is 6.09. The molecule has 1 aliphatic rings. The highest BCUT2D eigenvalue weighted by Gasteiger charge is 2.43. The van der Waals surface area contributed by atoms with Crippen LogP contribution < -0.4 is 5.32 Å². The molecule has 3 nitrogen and oxygen atoms in total. The molecule has 0 saturated carbocycles. The molecule has 1 aromatic carbocycles. The van der Waals surface area contributed by atoms with Gasteiger partial charge in [-0.2, -0.15) is 0 Å². The fraction of sp³-hybridized carbons (Fsp3) is 0.462. The van der Waals surface area contributed by atoms with Crippen LogP contribution in [0, 0.1) is 0 Å². The molecule has 0 aromatic heterocycles. The Labute approximate surface area is 138 Å². The van der Waals surface area contributed by atoms with E-state index in [-0.39, 0.29) is 24.9 Å². The highest BCUT2D eigenvalue weighted by Crippen LogP contribution is 2.28. The summed E-state index contributed by atoms with van der Waals surface area (Å²) >= 11 is 11.9. The summed E-state index contributed by atoms with van der Waals surface area (Å²) in [6.07, 6.45) is -0.473. The lowest BCUT2D eigenvalue weighted by Crippen LogP contribution is -2.41. The van der Waals surface area contributed by atoms with Crippen LogP contribution in [0.3, 0.4) is 0 Å². The smallest absolute Gasteiger partial charge is 0.262 e. The van der Waals surface area contributed by atoms with Gasteiger partial charge in [0.25, 0.3) is 5.92 Å². The van der Waals surface area contributed by atoms with E-state index in [0.717, 1.165) is 0 Å². The molecule has 0 bridgehead atoms. The molecule has 0 spiro atoms. The maximum atomic E-state index is 13.1. The molecule has 8 heteroatoms. The summed E-state index contributed by atoms with van der Waals surface area (Å²) in [6, 6.07) is 4.26. The van der Waals surface area contributed by atoms with Gasteiger partial charge in [0.05, 0.1) is 22.6 Å². The van der Waals surface area contributed by atoms with E-state index < -0.39 is 24.9 Å². The van der Waals surface area contributed by atoms with E-state index in [4.69, 9.17) is 23.2 Å². The van der Waals surface area contributed by atoms with Crippen LogP contribution >= 0.6 is 35.6 Å². The zero-order valence-corrected chi connectivity index (χ0v) is 13.5. The Morgan fingerprint density at radius 2 is 2.14 bits per heavy atom. The van der Waals surface area contributed by atoms with Crippen molar-refractivity contribution in [2.75, 3.05) is 13.6 Å². The number of alkyl halides is 2. The molecule has 1 amide bonds. The summed E-state index contributed by atoms with van der Waals surface area (Å²) in [5.41, 5.74) is 0.680. The Morgan fingerprint density at radius 3 is 2.71 bits per heavy atom. The number of likely N-dealkylation sites (N-methyl/N-ethyl adjacent to an activating group) is 1. The minimum Gasteiger partial charge on any atom is -0.340 e. The van der Waals surface area contributed by atoms with E-state index >= 15 is 0 Å². The van der Waals surface area contributed by atoms with Crippen molar-refractivity contribution in [3.8, 4) is 0 Å². The average Bonchev–Trinajstić information content (AvgIpc) is 2.74. The summed E-state index contributed by atoms with van der Waals surface area (Å²) in [5.74, 6) is -3.20. The second-order valence-corrected chi connectivity index (χ2v) is 5.69. The number of amides is 1. The summed E-state index contributed by atoms with van der Waals surface area (Å²) in [4.78, 5) is 13.5. The lowest BCUT2D eigenvalue weighted by Gasteiger charge is -2.21. The first-order chi connectivity index (χ1) is 9.30. The van der Waals surface area contributed by atoms with Crippen LogP contribution in [0.15, 0.2) is 18.2 Å². The third-order valence-corrected chi connectivity index (χ3v) is 4.08. The van der Waals surface area contributed by atoms with Crippen molar-refractivity contribution in [3.05, 3.63) is 33.8 Å². The molecule has 2 rings (SSSR count). The van der Waals surface area contributed by atoms with Gasteiger partial charge in [-0.1, -0.05) is 35.3 Å². The van der Waals surface area contributed by atoms with Gasteiger partial charge in [0.15, 0.2) is 0 Å². The number of hydrogen-bond donors (Lipinski definition) is 1. The Balaban J connectivity index is 0.00000220. The van der Waals surface area contributed by atoms with E-state index in [1.165, 1.54) is 4.90 Å². The minimum atomic E-state index is -2.82. The molecule has 1 fully saturated rings. The summed E-state index contributed by atoms with van der Waals surface area (Å²) in [5, 5.41) is 3.31. The molecular formula is C13H15Cl3F2N2O. The maximum Gasteiger partial charge on any atom is 0.262 e. The molecular weight excluding hydrogens is 345 g/mol. The maximum absolute atomic E-state index is 13.1. The Kier molecular flexibility index (Phi) is 6.23. The van der Waals surface area contributed by atoms with Crippen LogP contribution in [0.1, 0.15) is 12.0 Å². The van der Waals surface area contributed by atoms with Crippen molar-refractivity contribution < 1.29 is 13.6 Å². The zero-order valence-electron chi connectivity index (χ0n) is 11.2. The molecule has 1 aliphatic heterocycles. The lowest BCUT2D eigenvalue weighted by atomic mass is 10.1.